The van der Waals surface area contributed by atoms with E-state index in [1.165, 1.54) is 20.3 Å². The lowest BCUT2D eigenvalue weighted by atomic mass is 10.1. The standard InChI is InChI=1S/C13H11FNO2/c1-16-12-8-7-10(13(15-12)17-2)9-5-3-4-6-11(9)14/h3,5-8H,1-2H3. The molecular weight excluding hydrogens is 221 g/mol. The Hall–Kier alpha value is -2.10. The number of methoxy groups -OCH3 is 2. The van der Waals surface area contributed by atoms with E-state index >= 15 is 0 Å². The molecule has 0 saturated carbocycles. The van der Waals surface area contributed by atoms with E-state index in [-0.39, 0.29) is 5.82 Å². The topological polar surface area (TPSA) is 31.4 Å². The number of halogens is 1. The Balaban J connectivity index is 2.56. The third-order valence-corrected chi connectivity index (χ3v) is 2.34. The molecule has 0 spiro atoms. The van der Waals surface area contributed by atoms with Crippen LogP contribution in [0.4, 0.5) is 4.39 Å². The second-order valence-electron chi connectivity index (χ2n) is 3.32. The molecule has 1 aromatic heterocycles. The van der Waals surface area contributed by atoms with E-state index in [1.807, 2.05) is 0 Å². The molecule has 0 fully saturated rings. The molecule has 1 heterocycles. The van der Waals surface area contributed by atoms with Crippen LogP contribution in [-0.2, 0) is 0 Å². The normalized spacial score (nSPS) is 10.1. The molecule has 17 heavy (non-hydrogen) atoms. The average Bonchev–Trinajstić information content (AvgIpc) is 2.38. The molecule has 4 heteroatoms. The molecular formula is C13H11FNO2. The van der Waals surface area contributed by atoms with Crippen molar-refractivity contribution in [1.82, 2.24) is 4.98 Å². The molecule has 0 aliphatic heterocycles. The van der Waals surface area contributed by atoms with Crippen molar-refractivity contribution in [2.24, 2.45) is 0 Å². The van der Waals surface area contributed by atoms with Gasteiger partial charge < -0.3 is 9.47 Å². The summed E-state index contributed by atoms with van der Waals surface area (Å²) in [6.45, 7) is 0. The molecule has 0 unspecified atom stereocenters. The summed E-state index contributed by atoms with van der Waals surface area (Å²) in [6.07, 6.45) is 0. The summed E-state index contributed by atoms with van der Waals surface area (Å²) < 4.78 is 23.7. The summed E-state index contributed by atoms with van der Waals surface area (Å²) in [5.41, 5.74) is 1.01. The van der Waals surface area contributed by atoms with E-state index in [0.29, 0.717) is 22.9 Å². The van der Waals surface area contributed by atoms with Gasteiger partial charge in [-0.05, 0) is 18.2 Å². The fourth-order valence-electron chi connectivity index (χ4n) is 1.53. The minimum Gasteiger partial charge on any atom is -0.481 e. The first-order valence-electron chi connectivity index (χ1n) is 5.01. The second kappa shape index (κ2) is 4.82. The van der Waals surface area contributed by atoms with Crippen molar-refractivity contribution < 1.29 is 13.9 Å². The maximum atomic E-state index is 13.6. The maximum Gasteiger partial charge on any atom is 0.224 e. The summed E-state index contributed by atoms with van der Waals surface area (Å²) in [7, 11) is 3.00. The van der Waals surface area contributed by atoms with Crippen LogP contribution in [0.1, 0.15) is 0 Å². The summed E-state index contributed by atoms with van der Waals surface area (Å²) in [4.78, 5) is 4.11. The number of pyridine rings is 1. The number of benzene rings is 1. The molecule has 0 aliphatic carbocycles. The van der Waals surface area contributed by atoms with Gasteiger partial charge >= 0.3 is 0 Å². The summed E-state index contributed by atoms with van der Waals surface area (Å²) >= 11 is 0. The van der Waals surface area contributed by atoms with Crippen molar-refractivity contribution >= 4 is 0 Å². The molecule has 0 N–H and O–H groups in total. The number of nitrogens with zero attached hydrogens (tertiary/aromatic N) is 1. The Morgan fingerprint density at radius 3 is 2.59 bits per heavy atom. The van der Waals surface area contributed by atoms with Gasteiger partial charge in [-0.25, -0.2) is 4.39 Å². The lowest BCUT2D eigenvalue weighted by Gasteiger charge is -2.09. The average molecular weight is 232 g/mol. The zero-order chi connectivity index (χ0) is 12.3. The highest BCUT2D eigenvalue weighted by Crippen LogP contribution is 2.31. The first-order chi connectivity index (χ1) is 8.26. The molecule has 87 valence electrons. The Kier molecular flexibility index (Phi) is 3.23. The van der Waals surface area contributed by atoms with Gasteiger partial charge in [-0.3, -0.25) is 0 Å². The molecule has 0 amide bonds. The van der Waals surface area contributed by atoms with Crippen LogP contribution in [-0.4, -0.2) is 19.2 Å². The van der Waals surface area contributed by atoms with Crippen LogP contribution >= 0.6 is 0 Å². The van der Waals surface area contributed by atoms with Crippen LogP contribution in [0.3, 0.4) is 0 Å². The van der Waals surface area contributed by atoms with Crippen LogP contribution in [0, 0.1) is 11.9 Å². The molecule has 3 nitrogen and oxygen atoms in total. The highest BCUT2D eigenvalue weighted by atomic mass is 19.1. The Bertz CT molecular complexity index is 529. The Labute approximate surface area is 98.8 Å². The highest BCUT2D eigenvalue weighted by molar-refractivity contribution is 5.69. The number of ether oxygens (including phenoxy) is 2. The van der Waals surface area contributed by atoms with Gasteiger partial charge in [0.25, 0.3) is 0 Å². The SMILES string of the molecule is COc1ccc(-c2cc[c]cc2F)c(OC)n1. The van der Waals surface area contributed by atoms with Gasteiger partial charge in [0.1, 0.15) is 5.82 Å². The van der Waals surface area contributed by atoms with Crippen molar-refractivity contribution in [1.29, 1.82) is 0 Å². The lowest BCUT2D eigenvalue weighted by Crippen LogP contribution is -1.95. The van der Waals surface area contributed by atoms with Crippen molar-refractivity contribution in [3.63, 3.8) is 0 Å². The van der Waals surface area contributed by atoms with Gasteiger partial charge in [-0.1, -0.05) is 12.1 Å². The molecule has 0 saturated heterocycles. The predicted molar refractivity (Wildman–Crippen MR) is 61.6 cm³/mol. The van der Waals surface area contributed by atoms with E-state index in [2.05, 4.69) is 11.1 Å². The quantitative estimate of drug-likeness (QED) is 0.815. The molecule has 2 aromatic rings. The molecule has 2 rings (SSSR count). The first kappa shape index (κ1) is 11.4. The number of hydrogen-bond donors (Lipinski definition) is 0. The zero-order valence-electron chi connectivity index (χ0n) is 9.53. The van der Waals surface area contributed by atoms with Gasteiger partial charge in [-0.15, -0.1) is 0 Å². The molecule has 0 bridgehead atoms. The van der Waals surface area contributed by atoms with Crippen molar-refractivity contribution in [2.45, 2.75) is 0 Å². The van der Waals surface area contributed by atoms with E-state index in [1.54, 1.807) is 24.3 Å². The van der Waals surface area contributed by atoms with Crippen molar-refractivity contribution in [2.75, 3.05) is 14.2 Å². The zero-order valence-corrected chi connectivity index (χ0v) is 9.53. The minimum atomic E-state index is -0.363. The van der Waals surface area contributed by atoms with Gasteiger partial charge in [0.05, 0.1) is 14.2 Å². The minimum absolute atomic E-state index is 0.328. The molecule has 1 radical (unpaired) electrons. The third kappa shape index (κ3) is 2.20. The monoisotopic (exact) mass is 232 g/mol. The molecule has 0 atom stereocenters. The second-order valence-corrected chi connectivity index (χ2v) is 3.32. The number of rotatable bonds is 3. The van der Waals surface area contributed by atoms with Gasteiger partial charge in [0, 0.05) is 17.2 Å². The number of aromatic nitrogens is 1. The van der Waals surface area contributed by atoms with Gasteiger partial charge in [0.15, 0.2) is 0 Å². The Morgan fingerprint density at radius 1 is 1.12 bits per heavy atom. The fraction of sp³-hybridized carbons (Fsp3) is 0.154. The molecule has 1 aromatic carbocycles. The fourth-order valence-corrected chi connectivity index (χ4v) is 1.53. The van der Waals surface area contributed by atoms with Gasteiger partial charge in [0.2, 0.25) is 11.8 Å². The van der Waals surface area contributed by atoms with Crippen LogP contribution < -0.4 is 9.47 Å². The van der Waals surface area contributed by atoms with Crippen molar-refractivity contribution in [3.05, 3.63) is 42.2 Å². The third-order valence-electron chi connectivity index (χ3n) is 2.34. The lowest BCUT2D eigenvalue weighted by molar-refractivity contribution is 0.365. The van der Waals surface area contributed by atoms with Crippen LogP contribution in [0.15, 0.2) is 30.3 Å². The van der Waals surface area contributed by atoms with E-state index in [0.717, 1.165) is 0 Å². The maximum absolute atomic E-state index is 13.6. The van der Waals surface area contributed by atoms with Crippen LogP contribution in [0.2, 0.25) is 0 Å². The largest absolute Gasteiger partial charge is 0.481 e. The Morgan fingerprint density at radius 2 is 1.94 bits per heavy atom. The highest BCUT2D eigenvalue weighted by Gasteiger charge is 2.12. The van der Waals surface area contributed by atoms with Crippen LogP contribution in [0.5, 0.6) is 11.8 Å². The summed E-state index contributed by atoms with van der Waals surface area (Å²) in [6, 6.07) is 10.6. The summed E-state index contributed by atoms with van der Waals surface area (Å²) in [5, 5.41) is 0. The smallest absolute Gasteiger partial charge is 0.224 e. The summed E-state index contributed by atoms with van der Waals surface area (Å²) in [5.74, 6) is 0.390. The van der Waals surface area contributed by atoms with E-state index < -0.39 is 0 Å². The first-order valence-corrected chi connectivity index (χ1v) is 5.01. The molecule has 0 aliphatic rings. The predicted octanol–water partition coefficient (Wildman–Crippen LogP) is 2.71. The van der Waals surface area contributed by atoms with Crippen LogP contribution in [0.25, 0.3) is 11.1 Å². The van der Waals surface area contributed by atoms with E-state index in [9.17, 15) is 4.39 Å². The van der Waals surface area contributed by atoms with E-state index in [4.69, 9.17) is 9.47 Å². The van der Waals surface area contributed by atoms with Crippen molar-refractivity contribution in [3.8, 4) is 22.9 Å². The van der Waals surface area contributed by atoms with Gasteiger partial charge in [-0.2, -0.15) is 4.98 Å². The number of hydrogen-bond acceptors (Lipinski definition) is 3.